The van der Waals surface area contributed by atoms with E-state index in [9.17, 15) is 4.79 Å². The Balaban J connectivity index is 1.59. The molecule has 0 bridgehead atoms. The molecule has 0 atom stereocenters. The third-order valence-corrected chi connectivity index (χ3v) is 5.32. The van der Waals surface area contributed by atoms with E-state index in [-0.39, 0.29) is 11.3 Å². The first-order chi connectivity index (χ1) is 10.8. The Morgan fingerprint density at radius 2 is 1.68 bits per heavy atom. The van der Waals surface area contributed by atoms with Crippen LogP contribution in [0.5, 0.6) is 0 Å². The third kappa shape index (κ3) is 2.14. The van der Waals surface area contributed by atoms with Crippen molar-refractivity contribution in [2.24, 2.45) is 0 Å². The molecule has 2 aromatic rings. The van der Waals surface area contributed by atoms with E-state index in [1.54, 1.807) is 0 Å². The largest absolute Gasteiger partial charge is 0.325 e. The highest BCUT2D eigenvalue weighted by Gasteiger charge is 2.45. The van der Waals surface area contributed by atoms with E-state index < -0.39 is 0 Å². The van der Waals surface area contributed by atoms with Gasteiger partial charge in [0.05, 0.1) is 5.41 Å². The van der Waals surface area contributed by atoms with Crippen LogP contribution in [0.1, 0.15) is 42.4 Å². The first-order valence-electron chi connectivity index (χ1n) is 8.27. The molecule has 2 heteroatoms. The van der Waals surface area contributed by atoms with E-state index in [1.165, 1.54) is 24.0 Å². The Morgan fingerprint density at radius 1 is 0.909 bits per heavy atom. The Bertz CT molecular complexity index is 701. The fourth-order valence-corrected chi connectivity index (χ4v) is 3.83. The third-order valence-electron chi connectivity index (χ3n) is 5.32. The SMILES string of the molecule is O=C(Nc1ccc2c(c1)CCC2)C1(c2ccccc2)CCC1. The molecule has 0 spiro atoms. The summed E-state index contributed by atoms with van der Waals surface area (Å²) in [6.07, 6.45) is 6.59. The lowest BCUT2D eigenvalue weighted by Crippen LogP contribution is -2.45. The van der Waals surface area contributed by atoms with Crippen LogP contribution in [0.2, 0.25) is 0 Å². The molecule has 0 radical (unpaired) electrons. The molecular weight excluding hydrogens is 270 g/mol. The molecule has 2 aliphatic carbocycles. The Morgan fingerprint density at radius 3 is 2.41 bits per heavy atom. The zero-order chi connectivity index (χ0) is 15.0. The van der Waals surface area contributed by atoms with Gasteiger partial charge in [0, 0.05) is 5.69 Å². The van der Waals surface area contributed by atoms with E-state index in [0.29, 0.717) is 0 Å². The first kappa shape index (κ1) is 13.6. The minimum absolute atomic E-state index is 0.155. The fourth-order valence-electron chi connectivity index (χ4n) is 3.83. The maximum Gasteiger partial charge on any atom is 0.235 e. The van der Waals surface area contributed by atoms with Gasteiger partial charge in [-0.1, -0.05) is 42.8 Å². The van der Waals surface area contributed by atoms with Gasteiger partial charge in [-0.15, -0.1) is 0 Å². The first-order valence-corrected chi connectivity index (χ1v) is 8.27. The van der Waals surface area contributed by atoms with Gasteiger partial charge in [0.25, 0.3) is 0 Å². The minimum Gasteiger partial charge on any atom is -0.325 e. The number of benzene rings is 2. The lowest BCUT2D eigenvalue weighted by atomic mass is 9.64. The van der Waals surface area contributed by atoms with Crippen molar-refractivity contribution in [3.63, 3.8) is 0 Å². The van der Waals surface area contributed by atoms with E-state index in [4.69, 9.17) is 0 Å². The molecule has 2 aromatic carbocycles. The van der Waals surface area contributed by atoms with Crippen LogP contribution < -0.4 is 5.32 Å². The summed E-state index contributed by atoms with van der Waals surface area (Å²) in [5, 5.41) is 3.17. The van der Waals surface area contributed by atoms with Gasteiger partial charge in [-0.3, -0.25) is 4.79 Å². The molecule has 2 aliphatic rings. The van der Waals surface area contributed by atoms with E-state index in [0.717, 1.165) is 36.9 Å². The molecular formula is C20H21NO. The Labute approximate surface area is 131 Å². The van der Waals surface area contributed by atoms with Crippen LogP contribution in [0.15, 0.2) is 48.5 Å². The molecule has 1 fully saturated rings. The standard InChI is InChI=1S/C20H21NO/c22-19(20(12-5-13-20)17-8-2-1-3-9-17)21-18-11-10-15-6-4-7-16(15)14-18/h1-3,8-11,14H,4-7,12-13H2,(H,21,22). The molecule has 0 aromatic heterocycles. The van der Waals surface area contributed by atoms with Crippen molar-refractivity contribution in [3.05, 3.63) is 65.2 Å². The van der Waals surface area contributed by atoms with Crippen molar-refractivity contribution < 1.29 is 4.79 Å². The number of carbonyl (C=O) groups is 1. The maximum atomic E-state index is 12.9. The highest BCUT2D eigenvalue weighted by Crippen LogP contribution is 2.44. The van der Waals surface area contributed by atoms with Gasteiger partial charge < -0.3 is 5.32 Å². The molecule has 1 saturated carbocycles. The van der Waals surface area contributed by atoms with Crippen LogP contribution >= 0.6 is 0 Å². The summed E-state index contributed by atoms with van der Waals surface area (Å²) < 4.78 is 0. The van der Waals surface area contributed by atoms with Gasteiger partial charge >= 0.3 is 0 Å². The quantitative estimate of drug-likeness (QED) is 0.900. The van der Waals surface area contributed by atoms with Crippen LogP contribution in [0.3, 0.4) is 0 Å². The van der Waals surface area contributed by atoms with Crippen molar-refractivity contribution >= 4 is 11.6 Å². The van der Waals surface area contributed by atoms with Crippen LogP contribution in [0.25, 0.3) is 0 Å². The molecule has 1 amide bonds. The smallest absolute Gasteiger partial charge is 0.235 e. The second kappa shape index (κ2) is 5.28. The number of fused-ring (bicyclic) bond motifs is 1. The predicted molar refractivity (Wildman–Crippen MR) is 89.1 cm³/mol. The second-order valence-corrected chi connectivity index (χ2v) is 6.59. The lowest BCUT2D eigenvalue weighted by Gasteiger charge is -2.40. The van der Waals surface area contributed by atoms with Gasteiger partial charge in [0.2, 0.25) is 5.91 Å². The van der Waals surface area contributed by atoms with Crippen LogP contribution in [-0.2, 0) is 23.1 Å². The average Bonchev–Trinajstić information content (AvgIpc) is 2.95. The molecule has 112 valence electrons. The highest BCUT2D eigenvalue weighted by atomic mass is 16.2. The molecule has 0 heterocycles. The molecule has 22 heavy (non-hydrogen) atoms. The predicted octanol–water partition coefficient (Wildman–Crippen LogP) is 4.24. The number of carbonyl (C=O) groups excluding carboxylic acids is 1. The number of rotatable bonds is 3. The number of aryl methyl sites for hydroxylation is 2. The zero-order valence-corrected chi connectivity index (χ0v) is 12.8. The monoisotopic (exact) mass is 291 g/mol. The van der Waals surface area contributed by atoms with Gasteiger partial charge in [-0.2, -0.15) is 0 Å². The number of hydrogen-bond acceptors (Lipinski definition) is 1. The molecule has 4 rings (SSSR count). The maximum absolute atomic E-state index is 12.9. The summed E-state index contributed by atoms with van der Waals surface area (Å²) in [5.74, 6) is 0.155. The number of hydrogen-bond donors (Lipinski definition) is 1. The highest BCUT2D eigenvalue weighted by molar-refractivity contribution is 6.00. The summed E-state index contributed by atoms with van der Waals surface area (Å²) in [5.41, 5.74) is 4.63. The topological polar surface area (TPSA) is 29.1 Å². The van der Waals surface area contributed by atoms with E-state index in [1.807, 2.05) is 18.2 Å². The van der Waals surface area contributed by atoms with Crippen molar-refractivity contribution in [3.8, 4) is 0 Å². The fraction of sp³-hybridized carbons (Fsp3) is 0.350. The lowest BCUT2D eigenvalue weighted by molar-refractivity contribution is -0.124. The average molecular weight is 291 g/mol. The summed E-state index contributed by atoms with van der Waals surface area (Å²) in [7, 11) is 0. The Hall–Kier alpha value is -2.09. The molecule has 1 N–H and O–H groups in total. The van der Waals surface area contributed by atoms with E-state index in [2.05, 4.69) is 35.6 Å². The summed E-state index contributed by atoms with van der Waals surface area (Å²) in [6, 6.07) is 16.6. The number of anilines is 1. The number of amides is 1. The molecule has 2 nitrogen and oxygen atoms in total. The van der Waals surface area contributed by atoms with Crippen molar-refractivity contribution in [1.82, 2.24) is 0 Å². The number of nitrogens with one attached hydrogen (secondary N) is 1. The summed E-state index contributed by atoms with van der Waals surface area (Å²) >= 11 is 0. The van der Waals surface area contributed by atoms with Crippen LogP contribution in [0, 0.1) is 0 Å². The molecule has 0 unspecified atom stereocenters. The van der Waals surface area contributed by atoms with Gasteiger partial charge in [0.1, 0.15) is 0 Å². The normalized spacial score (nSPS) is 18.4. The molecule has 0 aliphatic heterocycles. The van der Waals surface area contributed by atoms with Gasteiger partial charge in [0.15, 0.2) is 0 Å². The van der Waals surface area contributed by atoms with Gasteiger partial charge in [-0.05, 0) is 60.9 Å². The summed E-state index contributed by atoms with van der Waals surface area (Å²) in [6.45, 7) is 0. The Kier molecular flexibility index (Phi) is 3.25. The van der Waals surface area contributed by atoms with Crippen molar-refractivity contribution in [2.45, 2.75) is 43.9 Å². The van der Waals surface area contributed by atoms with Gasteiger partial charge in [-0.25, -0.2) is 0 Å². The summed E-state index contributed by atoms with van der Waals surface area (Å²) in [4.78, 5) is 12.9. The van der Waals surface area contributed by atoms with Crippen LogP contribution in [0.4, 0.5) is 5.69 Å². The zero-order valence-electron chi connectivity index (χ0n) is 12.8. The minimum atomic E-state index is -0.319. The molecule has 0 saturated heterocycles. The van der Waals surface area contributed by atoms with E-state index >= 15 is 0 Å². The van der Waals surface area contributed by atoms with Crippen molar-refractivity contribution in [1.29, 1.82) is 0 Å². The van der Waals surface area contributed by atoms with Crippen molar-refractivity contribution in [2.75, 3.05) is 5.32 Å². The van der Waals surface area contributed by atoms with Crippen LogP contribution in [-0.4, -0.2) is 5.91 Å². The second-order valence-electron chi connectivity index (χ2n) is 6.59.